The quantitative estimate of drug-likeness (QED) is 0.545. The molecule has 0 heterocycles. The number of amides is 1. The first kappa shape index (κ1) is 21.6. The molecule has 0 bridgehead atoms. The molecule has 0 radical (unpaired) electrons. The number of hydrogen-bond donors (Lipinski definition) is 2. The van der Waals surface area contributed by atoms with Crippen molar-refractivity contribution >= 4 is 18.3 Å². The van der Waals surface area contributed by atoms with Crippen LogP contribution in [0.4, 0.5) is 0 Å². The Balaban J connectivity index is 0.00000312. The van der Waals surface area contributed by atoms with Crippen LogP contribution in [0, 0.1) is 0 Å². The van der Waals surface area contributed by atoms with Gasteiger partial charge in [-0.25, -0.2) is 0 Å². The molecule has 5 nitrogen and oxygen atoms in total. The Morgan fingerprint density at radius 2 is 1.72 bits per heavy atom. The maximum absolute atomic E-state index is 12.1. The number of benzene rings is 1. The van der Waals surface area contributed by atoms with Gasteiger partial charge in [0, 0.05) is 19.1 Å². The van der Waals surface area contributed by atoms with Gasteiger partial charge in [-0.3, -0.25) is 4.79 Å². The van der Waals surface area contributed by atoms with E-state index in [0.717, 1.165) is 12.1 Å². The Kier molecular flexibility index (Phi) is 10.3. The Morgan fingerprint density at radius 3 is 2.36 bits per heavy atom. The summed E-state index contributed by atoms with van der Waals surface area (Å²) in [4.78, 5) is 12.1. The normalized spacial score (nSPS) is 15.0. The van der Waals surface area contributed by atoms with E-state index in [1.807, 2.05) is 18.2 Å². The number of carbonyl (C=O) groups is 1. The molecule has 0 aromatic heterocycles. The molecule has 0 unspecified atom stereocenters. The second kappa shape index (κ2) is 12.0. The van der Waals surface area contributed by atoms with E-state index in [0.29, 0.717) is 30.5 Å². The van der Waals surface area contributed by atoms with E-state index >= 15 is 0 Å². The highest BCUT2D eigenvalue weighted by molar-refractivity contribution is 5.85. The standard InChI is InChI=1S/C19H30N2O3.ClH/c1-23-17-10-9-15(13-18(17)24-2)14-19(22)21-12-11-20-16-7-5-3-4-6-8-16;/h9-10,13,16,20H,3-8,11-12,14H2,1-2H3,(H,21,22);1H. The first-order valence-corrected chi connectivity index (χ1v) is 8.94. The average molecular weight is 371 g/mol. The van der Waals surface area contributed by atoms with Gasteiger partial charge in [-0.15, -0.1) is 12.4 Å². The summed E-state index contributed by atoms with van der Waals surface area (Å²) in [5, 5.41) is 6.54. The second-order valence-corrected chi connectivity index (χ2v) is 6.36. The minimum absolute atomic E-state index is 0. The number of nitrogens with one attached hydrogen (secondary N) is 2. The lowest BCUT2D eigenvalue weighted by Gasteiger charge is -2.16. The van der Waals surface area contributed by atoms with Gasteiger partial charge in [0.15, 0.2) is 11.5 Å². The van der Waals surface area contributed by atoms with Crippen molar-refractivity contribution in [1.82, 2.24) is 10.6 Å². The Bertz CT molecular complexity index is 517. The van der Waals surface area contributed by atoms with Crippen molar-refractivity contribution < 1.29 is 14.3 Å². The van der Waals surface area contributed by atoms with E-state index in [4.69, 9.17) is 9.47 Å². The molecule has 6 heteroatoms. The van der Waals surface area contributed by atoms with E-state index in [-0.39, 0.29) is 18.3 Å². The van der Waals surface area contributed by atoms with Gasteiger partial charge in [-0.05, 0) is 30.5 Å². The Labute approximate surface area is 157 Å². The highest BCUT2D eigenvalue weighted by atomic mass is 35.5. The van der Waals surface area contributed by atoms with Crippen molar-refractivity contribution in [1.29, 1.82) is 0 Å². The van der Waals surface area contributed by atoms with E-state index in [9.17, 15) is 4.79 Å². The molecule has 2 rings (SSSR count). The van der Waals surface area contributed by atoms with Crippen LogP contribution in [0.15, 0.2) is 18.2 Å². The van der Waals surface area contributed by atoms with E-state index < -0.39 is 0 Å². The number of ether oxygens (including phenoxy) is 2. The van der Waals surface area contributed by atoms with E-state index in [1.165, 1.54) is 38.5 Å². The summed E-state index contributed by atoms with van der Waals surface area (Å²) in [5.41, 5.74) is 0.918. The summed E-state index contributed by atoms with van der Waals surface area (Å²) in [6.45, 7) is 1.50. The van der Waals surface area contributed by atoms with Crippen molar-refractivity contribution in [2.75, 3.05) is 27.3 Å². The monoisotopic (exact) mass is 370 g/mol. The summed E-state index contributed by atoms with van der Waals surface area (Å²) in [5.74, 6) is 1.36. The van der Waals surface area contributed by atoms with Crippen molar-refractivity contribution in [3.63, 3.8) is 0 Å². The van der Waals surface area contributed by atoms with Gasteiger partial charge in [-0.2, -0.15) is 0 Å². The van der Waals surface area contributed by atoms with Crippen LogP contribution in [-0.4, -0.2) is 39.3 Å². The Hall–Kier alpha value is -1.46. The molecular weight excluding hydrogens is 340 g/mol. The van der Waals surface area contributed by atoms with Gasteiger partial charge < -0.3 is 20.1 Å². The second-order valence-electron chi connectivity index (χ2n) is 6.36. The van der Waals surface area contributed by atoms with Crippen molar-refractivity contribution in [3.8, 4) is 11.5 Å². The number of hydrogen-bond acceptors (Lipinski definition) is 4. The van der Waals surface area contributed by atoms with Crippen LogP contribution in [-0.2, 0) is 11.2 Å². The molecule has 1 aromatic carbocycles. The fourth-order valence-corrected chi connectivity index (χ4v) is 3.20. The highest BCUT2D eigenvalue weighted by Crippen LogP contribution is 2.27. The van der Waals surface area contributed by atoms with Gasteiger partial charge in [0.25, 0.3) is 0 Å². The maximum Gasteiger partial charge on any atom is 0.224 e. The molecule has 0 atom stereocenters. The molecule has 1 amide bonds. The lowest BCUT2D eigenvalue weighted by atomic mass is 10.1. The van der Waals surface area contributed by atoms with E-state index in [1.54, 1.807) is 14.2 Å². The molecule has 0 aliphatic heterocycles. The molecule has 1 aliphatic carbocycles. The summed E-state index contributed by atoms with van der Waals surface area (Å²) < 4.78 is 10.5. The first-order chi connectivity index (χ1) is 11.7. The van der Waals surface area contributed by atoms with Crippen molar-refractivity contribution in [3.05, 3.63) is 23.8 Å². The van der Waals surface area contributed by atoms with Gasteiger partial charge >= 0.3 is 0 Å². The van der Waals surface area contributed by atoms with Crippen LogP contribution >= 0.6 is 12.4 Å². The minimum atomic E-state index is 0. The fourth-order valence-electron chi connectivity index (χ4n) is 3.20. The van der Waals surface area contributed by atoms with Gasteiger partial charge in [0.1, 0.15) is 0 Å². The van der Waals surface area contributed by atoms with Crippen LogP contribution in [0.25, 0.3) is 0 Å². The largest absolute Gasteiger partial charge is 0.493 e. The van der Waals surface area contributed by atoms with Gasteiger partial charge in [-0.1, -0.05) is 31.7 Å². The predicted molar refractivity (Wildman–Crippen MR) is 103 cm³/mol. The predicted octanol–water partition coefficient (Wildman–Crippen LogP) is 3.10. The zero-order valence-electron chi connectivity index (χ0n) is 15.3. The molecular formula is C19H31ClN2O3. The number of carbonyl (C=O) groups excluding carboxylic acids is 1. The molecule has 2 N–H and O–H groups in total. The van der Waals surface area contributed by atoms with Crippen molar-refractivity contribution in [2.24, 2.45) is 0 Å². The lowest BCUT2D eigenvalue weighted by molar-refractivity contribution is -0.120. The molecule has 142 valence electrons. The molecule has 1 aromatic rings. The Morgan fingerprint density at radius 1 is 1.04 bits per heavy atom. The molecule has 0 saturated heterocycles. The van der Waals surface area contributed by atoms with Gasteiger partial charge in [0.05, 0.1) is 20.6 Å². The summed E-state index contributed by atoms with van der Waals surface area (Å²) in [7, 11) is 3.20. The molecule has 1 fully saturated rings. The maximum atomic E-state index is 12.1. The van der Waals surface area contributed by atoms with Gasteiger partial charge in [0.2, 0.25) is 5.91 Å². The number of methoxy groups -OCH3 is 2. The summed E-state index contributed by atoms with van der Waals surface area (Å²) in [6.07, 6.45) is 8.25. The topological polar surface area (TPSA) is 59.6 Å². The minimum Gasteiger partial charge on any atom is -0.493 e. The third-order valence-corrected chi connectivity index (χ3v) is 4.55. The third-order valence-electron chi connectivity index (χ3n) is 4.55. The third kappa shape index (κ3) is 7.53. The van der Waals surface area contributed by atoms with Crippen LogP contribution in [0.3, 0.4) is 0 Å². The molecule has 0 spiro atoms. The van der Waals surface area contributed by atoms with Crippen LogP contribution in [0.1, 0.15) is 44.1 Å². The van der Waals surface area contributed by atoms with Crippen LogP contribution in [0.2, 0.25) is 0 Å². The molecule has 1 saturated carbocycles. The van der Waals surface area contributed by atoms with Crippen LogP contribution < -0.4 is 20.1 Å². The first-order valence-electron chi connectivity index (χ1n) is 8.94. The van der Waals surface area contributed by atoms with Crippen molar-refractivity contribution in [2.45, 2.75) is 51.0 Å². The zero-order chi connectivity index (χ0) is 17.2. The van der Waals surface area contributed by atoms with E-state index in [2.05, 4.69) is 10.6 Å². The average Bonchev–Trinajstić information content (AvgIpc) is 2.87. The van der Waals surface area contributed by atoms with Crippen LogP contribution in [0.5, 0.6) is 11.5 Å². The SMILES string of the molecule is COc1ccc(CC(=O)NCCNC2CCCCCC2)cc1OC.Cl. The smallest absolute Gasteiger partial charge is 0.224 e. The number of halogens is 1. The highest BCUT2D eigenvalue weighted by Gasteiger charge is 2.11. The molecule has 25 heavy (non-hydrogen) atoms. The molecule has 1 aliphatic rings. The zero-order valence-corrected chi connectivity index (χ0v) is 16.1. The summed E-state index contributed by atoms with van der Waals surface area (Å²) >= 11 is 0. The summed E-state index contributed by atoms with van der Waals surface area (Å²) in [6, 6.07) is 6.19. The number of rotatable bonds is 8. The fraction of sp³-hybridized carbons (Fsp3) is 0.632. The lowest BCUT2D eigenvalue weighted by Crippen LogP contribution is -2.37.